The summed E-state index contributed by atoms with van der Waals surface area (Å²) in [6.07, 6.45) is 0. The summed E-state index contributed by atoms with van der Waals surface area (Å²) in [4.78, 5) is 0. The number of allylic oxidation sites excluding steroid dienone is 1. The molecule has 0 fully saturated rings. The fourth-order valence-corrected chi connectivity index (χ4v) is 3.27. The minimum atomic E-state index is -0.328. The third-order valence-electron chi connectivity index (χ3n) is 4.34. The molecule has 4 rings (SSSR count). The van der Waals surface area contributed by atoms with Crippen molar-refractivity contribution in [2.45, 2.75) is 5.92 Å². The molecule has 0 aliphatic carbocycles. The first-order valence-electron chi connectivity index (χ1n) is 7.57. The average Bonchev–Trinajstić information content (AvgIpc) is 2.60. The lowest BCUT2D eigenvalue weighted by Gasteiger charge is -2.27. The molecule has 1 aliphatic rings. The molecule has 0 saturated heterocycles. The van der Waals surface area contributed by atoms with Crippen molar-refractivity contribution in [3.8, 4) is 17.6 Å². The molecule has 3 aromatic rings. The average molecular weight is 314 g/mol. The quantitative estimate of drug-likeness (QED) is 0.716. The maximum Gasteiger partial charge on any atom is 0.205 e. The molecule has 0 amide bonds. The van der Waals surface area contributed by atoms with E-state index in [9.17, 15) is 10.4 Å². The highest BCUT2D eigenvalue weighted by Crippen LogP contribution is 2.44. The zero-order valence-electron chi connectivity index (χ0n) is 12.7. The van der Waals surface area contributed by atoms with E-state index >= 15 is 0 Å². The Hall–Kier alpha value is -3.45. The zero-order valence-corrected chi connectivity index (χ0v) is 12.7. The normalized spacial score (nSPS) is 16.4. The first kappa shape index (κ1) is 14.2. The van der Waals surface area contributed by atoms with Crippen LogP contribution in [0.25, 0.3) is 10.8 Å². The van der Waals surface area contributed by atoms with E-state index in [4.69, 9.17) is 10.5 Å². The van der Waals surface area contributed by atoms with Crippen LogP contribution in [0.15, 0.2) is 72.1 Å². The summed E-state index contributed by atoms with van der Waals surface area (Å²) >= 11 is 0. The van der Waals surface area contributed by atoms with Crippen LogP contribution >= 0.6 is 0 Å². The molecule has 24 heavy (non-hydrogen) atoms. The lowest BCUT2D eigenvalue weighted by molar-refractivity contribution is 0.388. The van der Waals surface area contributed by atoms with E-state index in [0.717, 1.165) is 21.9 Å². The highest BCUT2D eigenvalue weighted by Gasteiger charge is 2.31. The summed E-state index contributed by atoms with van der Waals surface area (Å²) < 4.78 is 5.55. The number of hydrogen-bond donors (Lipinski definition) is 2. The molecule has 0 saturated carbocycles. The number of ether oxygens (including phenoxy) is 1. The number of fused-ring (bicyclic) bond motifs is 2. The zero-order chi connectivity index (χ0) is 16.7. The number of nitrogens with zero attached hydrogens (tertiary/aromatic N) is 1. The largest absolute Gasteiger partial charge is 0.508 e. The Morgan fingerprint density at radius 2 is 1.79 bits per heavy atom. The molecule has 1 aliphatic heterocycles. The van der Waals surface area contributed by atoms with Gasteiger partial charge in [-0.2, -0.15) is 5.26 Å². The predicted octanol–water partition coefficient (Wildman–Crippen LogP) is 3.76. The molecular formula is C20H14N2O2. The van der Waals surface area contributed by atoms with E-state index in [1.54, 1.807) is 12.1 Å². The van der Waals surface area contributed by atoms with Crippen LogP contribution < -0.4 is 10.5 Å². The lowest BCUT2D eigenvalue weighted by atomic mass is 9.81. The lowest BCUT2D eigenvalue weighted by Crippen LogP contribution is -2.21. The molecule has 0 radical (unpaired) electrons. The Morgan fingerprint density at radius 1 is 1.00 bits per heavy atom. The van der Waals surface area contributed by atoms with E-state index in [2.05, 4.69) is 6.07 Å². The summed E-state index contributed by atoms with van der Waals surface area (Å²) in [6.45, 7) is 0. The van der Waals surface area contributed by atoms with Gasteiger partial charge < -0.3 is 15.6 Å². The fraction of sp³-hybridized carbons (Fsp3) is 0.0500. The van der Waals surface area contributed by atoms with Crippen LogP contribution in [0.2, 0.25) is 0 Å². The molecule has 4 heteroatoms. The van der Waals surface area contributed by atoms with Crippen molar-refractivity contribution in [1.29, 1.82) is 5.26 Å². The molecular weight excluding hydrogens is 300 g/mol. The van der Waals surface area contributed by atoms with Gasteiger partial charge >= 0.3 is 0 Å². The minimum absolute atomic E-state index is 0.0773. The molecule has 3 aromatic carbocycles. The predicted molar refractivity (Wildman–Crippen MR) is 91.4 cm³/mol. The Kier molecular flexibility index (Phi) is 3.14. The molecule has 0 spiro atoms. The maximum absolute atomic E-state index is 9.72. The standard InChI is InChI=1S/C20H14N2O2/c21-11-17-19(15-7-3-5-12-4-1-2-6-14(12)15)16-9-8-13(23)10-18(16)24-20(17)22/h1-10,19,23H,22H2/t19-/m0/s1. The number of phenolic OH excluding ortho intramolecular Hbond substituents is 1. The van der Waals surface area contributed by atoms with Gasteiger partial charge in [0, 0.05) is 11.6 Å². The van der Waals surface area contributed by atoms with Gasteiger partial charge in [0.15, 0.2) is 0 Å². The first-order valence-corrected chi connectivity index (χ1v) is 7.57. The van der Waals surface area contributed by atoms with Crippen LogP contribution in [0.1, 0.15) is 17.0 Å². The van der Waals surface area contributed by atoms with Gasteiger partial charge in [0.2, 0.25) is 5.88 Å². The van der Waals surface area contributed by atoms with E-state index in [0.29, 0.717) is 11.3 Å². The molecule has 0 aromatic heterocycles. The van der Waals surface area contributed by atoms with Crippen molar-refractivity contribution in [3.05, 3.63) is 83.2 Å². The molecule has 0 unspecified atom stereocenters. The molecule has 1 atom stereocenters. The first-order chi connectivity index (χ1) is 11.7. The highest BCUT2D eigenvalue weighted by molar-refractivity contribution is 5.87. The van der Waals surface area contributed by atoms with Crippen molar-refractivity contribution >= 4 is 10.8 Å². The van der Waals surface area contributed by atoms with Gasteiger partial charge in [0.1, 0.15) is 23.1 Å². The summed E-state index contributed by atoms with van der Waals surface area (Å²) in [7, 11) is 0. The minimum Gasteiger partial charge on any atom is -0.508 e. The fourth-order valence-electron chi connectivity index (χ4n) is 3.27. The van der Waals surface area contributed by atoms with Crippen molar-refractivity contribution in [2.75, 3.05) is 0 Å². The van der Waals surface area contributed by atoms with Gasteiger partial charge in [-0.15, -0.1) is 0 Å². The van der Waals surface area contributed by atoms with E-state index < -0.39 is 0 Å². The molecule has 3 N–H and O–H groups in total. The SMILES string of the molecule is N#CC1=C(N)Oc2cc(O)ccc2[C@@H]1c1cccc2ccccc12. The van der Waals surface area contributed by atoms with E-state index in [1.807, 2.05) is 42.5 Å². The van der Waals surface area contributed by atoms with Crippen molar-refractivity contribution in [3.63, 3.8) is 0 Å². The number of nitriles is 1. The summed E-state index contributed by atoms with van der Waals surface area (Å²) in [5, 5.41) is 21.5. The second-order valence-electron chi connectivity index (χ2n) is 5.72. The Labute approximate surface area is 139 Å². The number of benzene rings is 3. The molecule has 1 heterocycles. The Morgan fingerprint density at radius 3 is 2.62 bits per heavy atom. The molecule has 116 valence electrons. The van der Waals surface area contributed by atoms with Gasteiger partial charge in [-0.25, -0.2) is 0 Å². The van der Waals surface area contributed by atoms with Gasteiger partial charge in [0.05, 0.1) is 5.92 Å². The van der Waals surface area contributed by atoms with E-state index in [1.165, 1.54) is 6.07 Å². The van der Waals surface area contributed by atoms with Gasteiger partial charge in [-0.05, 0) is 22.4 Å². The number of nitrogens with two attached hydrogens (primary N) is 1. The maximum atomic E-state index is 9.72. The van der Waals surface area contributed by atoms with Gasteiger partial charge in [-0.1, -0.05) is 48.5 Å². The number of phenols is 1. The molecule has 4 nitrogen and oxygen atoms in total. The third kappa shape index (κ3) is 2.07. The second-order valence-corrected chi connectivity index (χ2v) is 5.72. The van der Waals surface area contributed by atoms with Crippen LogP contribution in [-0.4, -0.2) is 5.11 Å². The summed E-state index contributed by atoms with van der Waals surface area (Å²) in [5.74, 6) is 0.321. The highest BCUT2D eigenvalue weighted by atomic mass is 16.5. The van der Waals surface area contributed by atoms with Crippen LogP contribution in [0, 0.1) is 11.3 Å². The second kappa shape index (κ2) is 5.32. The van der Waals surface area contributed by atoms with Crippen LogP contribution in [-0.2, 0) is 0 Å². The van der Waals surface area contributed by atoms with Crippen molar-refractivity contribution in [1.82, 2.24) is 0 Å². The number of rotatable bonds is 1. The van der Waals surface area contributed by atoms with Crippen LogP contribution in [0.4, 0.5) is 0 Å². The van der Waals surface area contributed by atoms with Crippen molar-refractivity contribution in [2.24, 2.45) is 5.73 Å². The van der Waals surface area contributed by atoms with Crippen LogP contribution in [0.3, 0.4) is 0 Å². The Bertz CT molecular complexity index is 1030. The Balaban J connectivity index is 2.04. The van der Waals surface area contributed by atoms with Crippen molar-refractivity contribution < 1.29 is 9.84 Å². The number of aromatic hydroxyl groups is 1. The topological polar surface area (TPSA) is 79.3 Å². The number of hydrogen-bond acceptors (Lipinski definition) is 4. The molecule has 0 bridgehead atoms. The summed E-state index contributed by atoms with van der Waals surface area (Å²) in [6, 6.07) is 21.1. The van der Waals surface area contributed by atoms with Gasteiger partial charge in [-0.3, -0.25) is 0 Å². The van der Waals surface area contributed by atoms with Gasteiger partial charge in [0.25, 0.3) is 0 Å². The van der Waals surface area contributed by atoms with Crippen LogP contribution in [0.5, 0.6) is 11.5 Å². The third-order valence-corrected chi connectivity index (χ3v) is 4.34. The monoisotopic (exact) mass is 314 g/mol. The van der Waals surface area contributed by atoms with E-state index in [-0.39, 0.29) is 17.6 Å². The summed E-state index contributed by atoms with van der Waals surface area (Å²) in [5.41, 5.74) is 8.16. The smallest absolute Gasteiger partial charge is 0.205 e.